The molecule has 0 spiro atoms. The van der Waals surface area contributed by atoms with Crippen LogP contribution >= 0.6 is 0 Å². The SMILES string of the molecule is COc1ccc2ccnc(Nc3ccnc(C(=O)O)c3)c2c1. The van der Waals surface area contributed by atoms with Gasteiger partial charge in [0.2, 0.25) is 0 Å². The van der Waals surface area contributed by atoms with Gasteiger partial charge in [-0.05, 0) is 35.7 Å². The van der Waals surface area contributed by atoms with Gasteiger partial charge in [-0.1, -0.05) is 6.07 Å². The summed E-state index contributed by atoms with van der Waals surface area (Å²) in [6, 6.07) is 10.7. The molecule has 0 amide bonds. The number of carboxylic acid groups (broad SMARTS) is 1. The third-order valence-corrected chi connectivity index (χ3v) is 3.22. The Kier molecular flexibility index (Phi) is 3.57. The number of nitrogens with zero attached hydrogens (tertiary/aromatic N) is 2. The van der Waals surface area contributed by atoms with Crippen molar-refractivity contribution in [2.75, 3.05) is 12.4 Å². The van der Waals surface area contributed by atoms with E-state index < -0.39 is 5.97 Å². The number of aromatic nitrogens is 2. The summed E-state index contributed by atoms with van der Waals surface area (Å²) in [6.45, 7) is 0. The van der Waals surface area contributed by atoms with Crippen LogP contribution in [0, 0.1) is 0 Å². The molecule has 0 saturated carbocycles. The second-order valence-corrected chi connectivity index (χ2v) is 4.61. The second kappa shape index (κ2) is 5.69. The van der Waals surface area contributed by atoms with E-state index >= 15 is 0 Å². The van der Waals surface area contributed by atoms with Crippen molar-refractivity contribution in [2.45, 2.75) is 0 Å². The maximum Gasteiger partial charge on any atom is 0.354 e. The van der Waals surface area contributed by atoms with Crippen LogP contribution in [0.4, 0.5) is 11.5 Å². The van der Waals surface area contributed by atoms with Crippen LogP contribution in [0.2, 0.25) is 0 Å². The van der Waals surface area contributed by atoms with Gasteiger partial charge >= 0.3 is 5.97 Å². The third kappa shape index (κ3) is 2.67. The number of fused-ring (bicyclic) bond motifs is 1. The molecule has 2 aromatic heterocycles. The molecule has 2 heterocycles. The number of carbonyl (C=O) groups is 1. The van der Waals surface area contributed by atoms with Crippen molar-refractivity contribution in [3.05, 3.63) is 54.5 Å². The molecule has 6 nitrogen and oxygen atoms in total. The highest BCUT2D eigenvalue weighted by Crippen LogP contribution is 2.27. The second-order valence-electron chi connectivity index (χ2n) is 4.61. The Hall–Kier alpha value is -3.15. The molecule has 0 aliphatic rings. The molecule has 0 fully saturated rings. The number of aromatic carboxylic acids is 1. The highest BCUT2D eigenvalue weighted by Gasteiger charge is 2.08. The summed E-state index contributed by atoms with van der Waals surface area (Å²) in [6.07, 6.45) is 3.13. The van der Waals surface area contributed by atoms with Crippen LogP contribution in [0.3, 0.4) is 0 Å². The zero-order chi connectivity index (χ0) is 15.5. The minimum Gasteiger partial charge on any atom is -0.497 e. The number of benzene rings is 1. The van der Waals surface area contributed by atoms with Crippen molar-refractivity contribution in [3.8, 4) is 5.75 Å². The van der Waals surface area contributed by atoms with E-state index in [1.807, 2.05) is 24.3 Å². The van der Waals surface area contributed by atoms with Crippen molar-refractivity contribution in [1.29, 1.82) is 0 Å². The fourth-order valence-corrected chi connectivity index (χ4v) is 2.14. The molecule has 0 radical (unpaired) electrons. The van der Waals surface area contributed by atoms with Crippen molar-refractivity contribution in [2.24, 2.45) is 0 Å². The van der Waals surface area contributed by atoms with Crippen LogP contribution in [0.15, 0.2) is 48.8 Å². The molecule has 22 heavy (non-hydrogen) atoms. The molecule has 0 bridgehead atoms. The average molecular weight is 295 g/mol. The normalized spacial score (nSPS) is 10.4. The highest BCUT2D eigenvalue weighted by molar-refractivity contribution is 5.94. The molecule has 2 N–H and O–H groups in total. The fraction of sp³-hybridized carbons (Fsp3) is 0.0625. The van der Waals surface area contributed by atoms with Gasteiger partial charge in [-0.15, -0.1) is 0 Å². The van der Waals surface area contributed by atoms with Crippen molar-refractivity contribution >= 4 is 28.2 Å². The molecule has 0 aliphatic carbocycles. The Balaban J connectivity index is 2.03. The molecule has 0 aliphatic heterocycles. The van der Waals surface area contributed by atoms with Crippen molar-refractivity contribution in [1.82, 2.24) is 9.97 Å². The lowest BCUT2D eigenvalue weighted by molar-refractivity contribution is 0.0690. The largest absolute Gasteiger partial charge is 0.497 e. The predicted octanol–water partition coefficient (Wildman–Crippen LogP) is 3.08. The van der Waals surface area contributed by atoms with E-state index in [4.69, 9.17) is 9.84 Å². The van der Waals surface area contributed by atoms with E-state index in [2.05, 4.69) is 15.3 Å². The summed E-state index contributed by atoms with van der Waals surface area (Å²) in [4.78, 5) is 19.1. The van der Waals surface area contributed by atoms with Crippen LogP contribution < -0.4 is 10.1 Å². The van der Waals surface area contributed by atoms with Gasteiger partial charge in [-0.2, -0.15) is 0 Å². The average Bonchev–Trinajstić information content (AvgIpc) is 2.55. The summed E-state index contributed by atoms with van der Waals surface area (Å²) >= 11 is 0. The zero-order valence-corrected chi connectivity index (χ0v) is 11.8. The summed E-state index contributed by atoms with van der Waals surface area (Å²) in [5.41, 5.74) is 0.582. The smallest absolute Gasteiger partial charge is 0.354 e. The minimum atomic E-state index is -1.07. The van der Waals surface area contributed by atoms with Gasteiger partial charge in [0.1, 0.15) is 17.3 Å². The van der Waals surface area contributed by atoms with Gasteiger partial charge in [0.15, 0.2) is 0 Å². The number of hydrogen-bond acceptors (Lipinski definition) is 5. The number of anilines is 2. The fourth-order valence-electron chi connectivity index (χ4n) is 2.14. The molecular weight excluding hydrogens is 282 g/mol. The van der Waals surface area contributed by atoms with Crippen molar-refractivity contribution in [3.63, 3.8) is 0 Å². The predicted molar refractivity (Wildman–Crippen MR) is 82.8 cm³/mol. The summed E-state index contributed by atoms with van der Waals surface area (Å²) < 4.78 is 5.23. The Morgan fingerprint density at radius 2 is 1.95 bits per heavy atom. The van der Waals surface area contributed by atoms with Crippen LogP contribution in [0.5, 0.6) is 5.75 Å². The molecule has 110 valence electrons. The van der Waals surface area contributed by atoms with Gasteiger partial charge in [-0.25, -0.2) is 14.8 Å². The maximum absolute atomic E-state index is 11.0. The summed E-state index contributed by atoms with van der Waals surface area (Å²) in [7, 11) is 1.60. The first-order chi connectivity index (χ1) is 10.7. The number of ether oxygens (including phenoxy) is 1. The van der Waals surface area contributed by atoms with Gasteiger partial charge < -0.3 is 15.2 Å². The first-order valence-electron chi connectivity index (χ1n) is 6.56. The van der Waals surface area contributed by atoms with E-state index in [0.717, 1.165) is 16.5 Å². The standard InChI is InChI=1S/C16H13N3O3/c1-22-12-3-2-10-4-6-18-15(13(10)9-12)19-11-5-7-17-14(8-11)16(20)21/h2-9H,1H3,(H,20,21)(H,17,18,19). The Morgan fingerprint density at radius 3 is 2.73 bits per heavy atom. The van der Waals surface area contributed by atoms with Gasteiger partial charge in [0.05, 0.1) is 7.11 Å². The number of pyridine rings is 2. The van der Waals surface area contributed by atoms with Gasteiger partial charge in [0.25, 0.3) is 0 Å². The highest BCUT2D eigenvalue weighted by atomic mass is 16.5. The van der Waals surface area contributed by atoms with Gasteiger partial charge in [-0.3, -0.25) is 0 Å². The molecule has 3 rings (SSSR count). The number of carboxylic acids is 1. The Bertz CT molecular complexity index is 849. The topological polar surface area (TPSA) is 84.3 Å². The summed E-state index contributed by atoms with van der Waals surface area (Å²) in [5.74, 6) is 0.277. The number of nitrogens with one attached hydrogen (secondary N) is 1. The molecule has 6 heteroatoms. The number of rotatable bonds is 4. The molecule has 0 unspecified atom stereocenters. The monoisotopic (exact) mass is 295 g/mol. The van der Waals surface area contributed by atoms with Crippen LogP contribution in [-0.4, -0.2) is 28.2 Å². The molecule has 1 aromatic carbocycles. The Morgan fingerprint density at radius 1 is 1.14 bits per heavy atom. The van der Waals surface area contributed by atoms with Crippen LogP contribution in [0.25, 0.3) is 10.8 Å². The van der Waals surface area contributed by atoms with Crippen LogP contribution in [0.1, 0.15) is 10.5 Å². The lowest BCUT2D eigenvalue weighted by atomic mass is 10.1. The lowest BCUT2D eigenvalue weighted by Gasteiger charge is -2.10. The summed E-state index contributed by atoms with van der Waals surface area (Å²) in [5, 5.41) is 14.0. The van der Waals surface area contributed by atoms with Gasteiger partial charge in [0, 0.05) is 23.5 Å². The lowest BCUT2D eigenvalue weighted by Crippen LogP contribution is -2.02. The van der Waals surface area contributed by atoms with E-state index in [-0.39, 0.29) is 5.69 Å². The quantitative estimate of drug-likeness (QED) is 0.769. The first-order valence-corrected chi connectivity index (χ1v) is 6.56. The van der Waals surface area contributed by atoms with Crippen LogP contribution in [-0.2, 0) is 0 Å². The van der Waals surface area contributed by atoms with Crippen molar-refractivity contribution < 1.29 is 14.6 Å². The van der Waals surface area contributed by atoms with E-state index in [0.29, 0.717) is 11.5 Å². The maximum atomic E-state index is 11.0. The minimum absolute atomic E-state index is 0.0252. The number of methoxy groups -OCH3 is 1. The Labute approximate surface area is 126 Å². The van der Waals surface area contributed by atoms with E-state index in [1.165, 1.54) is 12.3 Å². The molecule has 0 saturated heterocycles. The first kappa shape index (κ1) is 13.8. The molecular formula is C16H13N3O3. The number of hydrogen-bond donors (Lipinski definition) is 2. The zero-order valence-electron chi connectivity index (χ0n) is 11.8. The third-order valence-electron chi connectivity index (χ3n) is 3.22. The molecule has 0 atom stereocenters. The molecule has 3 aromatic rings. The van der Waals surface area contributed by atoms with E-state index in [1.54, 1.807) is 19.4 Å². The van der Waals surface area contributed by atoms with E-state index in [9.17, 15) is 4.79 Å².